The first-order valence-electron chi connectivity index (χ1n) is 5.56. The number of halogens is 3. The van der Waals surface area contributed by atoms with Crippen molar-refractivity contribution in [2.24, 2.45) is 0 Å². The normalized spacial score (nSPS) is 21.8. The molecule has 0 saturated carbocycles. The lowest BCUT2D eigenvalue weighted by Crippen LogP contribution is -2.30. The Balaban J connectivity index is 2.36. The van der Waals surface area contributed by atoms with Crippen molar-refractivity contribution >= 4 is 0 Å². The molecule has 2 rings (SSSR count). The van der Waals surface area contributed by atoms with Gasteiger partial charge >= 0.3 is 0 Å². The van der Waals surface area contributed by atoms with Crippen LogP contribution < -0.4 is 5.32 Å². The average Bonchev–Trinajstić information content (AvgIpc) is 2.76. The summed E-state index contributed by atoms with van der Waals surface area (Å²) in [6.07, 6.45) is 1.34. The first-order valence-corrected chi connectivity index (χ1v) is 5.56. The summed E-state index contributed by atoms with van der Waals surface area (Å²) in [5.74, 6) is -2.67. The highest BCUT2D eigenvalue weighted by molar-refractivity contribution is 5.25. The van der Waals surface area contributed by atoms with Gasteiger partial charge in [0.2, 0.25) is 0 Å². The fraction of sp³-hybridized carbons (Fsp3) is 0.500. The van der Waals surface area contributed by atoms with E-state index in [1.54, 1.807) is 7.05 Å². The summed E-state index contributed by atoms with van der Waals surface area (Å²) in [7, 11) is 1.61. The molecule has 94 valence electrons. The zero-order valence-electron chi connectivity index (χ0n) is 9.47. The second-order valence-corrected chi connectivity index (χ2v) is 4.10. The lowest BCUT2D eigenvalue weighted by Gasteiger charge is -2.23. The Bertz CT molecular complexity index is 382. The van der Waals surface area contributed by atoms with E-state index in [0.29, 0.717) is 18.7 Å². The van der Waals surface area contributed by atoms with Crippen LogP contribution >= 0.6 is 0 Å². The quantitative estimate of drug-likeness (QED) is 0.883. The molecule has 1 fully saturated rings. The van der Waals surface area contributed by atoms with Crippen molar-refractivity contribution < 1.29 is 17.9 Å². The summed E-state index contributed by atoms with van der Waals surface area (Å²) < 4.78 is 45.5. The number of likely N-dealkylation sites (N-methyl/N-ethyl adjacent to an activating group) is 1. The van der Waals surface area contributed by atoms with Crippen LogP contribution in [0.15, 0.2) is 12.1 Å². The van der Waals surface area contributed by atoms with Crippen LogP contribution in [-0.4, -0.2) is 19.8 Å². The van der Waals surface area contributed by atoms with E-state index in [4.69, 9.17) is 4.74 Å². The van der Waals surface area contributed by atoms with Crippen molar-refractivity contribution in [1.29, 1.82) is 0 Å². The highest BCUT2D eigenvalue weighted by Crippen LogP contribution is 2.30. The molecule has 0 amide bonds. The highest BCUT2D eigenvalue weighted by Gasteiger charge is 2.30. The van der Waals surface area contributed by atoms with Crippen molar-refractivity contribution in [3.8, 4) is 0 Å². The molecule has 1 aliphatic rings. The van der Waals surface area contributed by atoms with Gasteiger partial charge in [-0.25, -0.2) is 13.2 Å². The molecule has 1 N–H and O–H groups in total. The summed E-state index contributed by atoms with van der Waals surface area (Å²) >= 11 is 0. The van der Waals surface area contributed by atoms with Crippen LogP contribution in [0.5, 0.6) is 0 Å². The molecule has 1 aliphatic heterocycles. The molecule has 0 aliphatic carbocycles. The highest BCUT2D eigenvalue weighted by atomic mass is 19.1. The SMILES string of the molecule is CNC(c1c(F)cc(F)cc1F)C1CCCO1. The molecular weight excluding hydrogens is 231 g/mol. The van der Waals surface area contributed by atoms with Gasteiger partial charge in [0, 0.05) is 24.3 Å². The van der Waals surface area contributed by atoms with Crippen LogP contribution in [0, 0.1) is 17.5 Å². The van der Waals surface area contributed by atoms with E-state index in [2.05, 4.69) is 5.32 Å². The third-order valence-corrected chi connectivity index (χ3v) is 3.00. The van der Waals surface area contributed by atoms with Crippen molar-refractivity contribution in [3.63, 3.8) is 0 Å². The van der Waals surface area contributed by atoms with Crippen molar-refractivity contribution in [1.82, 2.24) is 5.32 Å². The number of rotatable bonds is 3. The summed E-state index contributed by atoms with van der Waals surface area (Å²) in [4.78, 5) is 0. The van der Waals surface area contributed by atoms with Gasteiger partial charge in [0.15, 0.2) is 0 Å². The van der Waals surface area contributed by atoms with Crippen LogP contribution in [-0.2, 0) is 4.74 Å². The smallest absolute Gasteiger partial charge is 0.133 e. The second kappa shape index (κ2) is 5.06. The largest absolute Gasteiger partial charge is 0.376 e. The van der Waals surface area contributed by atoms with Gasteiger partial charge in [-0.3, -0.25) is 0 Å². The summed E-state index contributed by atoms with van der Waals surface area (Å²) in [5.41, 5.74) is -0.152. The van der Waals surface area contributed by atoms with E-state index >= 15 is 0 Å². The fourth-order valence-corrected chi connectivity index (χ4v) is 2.23. The van der Waals surface area contributed by atoms with Crippen LogP contribution in [0.25, 0.3) is 0 Å². The van der Waals surface area contributed by atoms with Crippen molar-refractivity contribution in [2.75, 3.05) is 13.7 Å². The van der Waals surface area contributed by atoms with E-state index < -0.39 is 23.5 Å². The van der Waals surface area contributed by atoms with Gasteiger partial charge in [-0.05, 0) is 19.9 Å². The number of hydrogen-bond donors (Lipinski definition) is 1. The first-order chi connectivity index (χ1) is 8.13. The average molecular weight is 245 g/mol. The maximum absolute atomic E-state index is 13.6. The van der Waals surface area contributed by atoms with E-state index in [0.717, 1.165) is 12.8 Å². The van der Waals surface area contributed by atoms with Gasteiger partial charge in [-0.1, -0.05) is 0 Å². The zero-order chi connectivity index (χ0) is 12.4. The summed E-state index contributed by atoms with van der Waals surface area (Å²) in [6, 6.07) is 0.799. The Kier molecular flexibility index (Phi) is 3.69. The Morgan fingerprint density at radius 1 is 1.29 bits per heavy atom. The molecule has 5 heteroatoms. The van der Waals surface area contributed by atoms with E-state index in [1.807, 2.05) is 0 Å². The zero-order valence-corrected chi connectivity index (χ0v) is 9.47. The molecule has 0 aromatic heterocycles. The molecule has 0 spiro atoms. The summed E-state index contributed by atoms with van der Waals surface area (Å²) in [6.45, 7) is 0.591. The monoisotopic (exact) mass is 245 g/mol. The van der Waals surface area contributed by atoms with Gasteiger partial charge in [-0.2, -0.15) is 0 Å². The van der Waals surface area contributed by atoms with Crippen LogP contribution in [0.3, 0.4) is 0 Å². The maximum atomic E-state index is 13.6. The van der Waals surface area contributed by atoms with Crippen molar-refractivity contribution in [3.05, 3.63) is 35.1 Å². The Labute approximate surface area is 97.8 Å². The minimum Gasteiger partial charge on any atom is -0.376 e. The Hall–Kier alpha value is -1.07. The second-order valence-electron chi connectivity index (χ2n) is 4.10. The summed E-state index contributed by atoms with van der Waals surface area (Å²) in [5, 5.41) is 2.83. The molecule has 2 atom stereocenters. The van der Waals surface area contributed by atoms with E-state index in [-0.39, 0.29) is 11.7 Å². The Morgan fingerprint density at radius 3 is 2.41 bits per heavy atom. The molecule has 1 aromatic rings. The van der Waals surface area contributed by atoms with Crippen molar-refractivity contribution in [2.45, 2.75) is 25.0 Å². The van der Waals surface area contributed by atoms with Crippen LogP contribution in [0.1, 0.15) is 24.4 Å². The third kappa shape index (κ3) is 2.45. The number of benzene rings is 1. The number of hydrogen-bond acceptors (Lipinski definition) is 2. The van der Waals surface area contributed by atoms with Crippen LogP contribution in [0.2, 0.25) is 0 Å². The minimum atomic E-state index is -0.911. The topological polar surface area (TPSA) is 21.3 Å². The minimum absolute atomic E-state index is 0.152. The lowest BCUT2D eigenvalue weighted by atomic mass is 9.98. The molecule has 0 bridgehead atoms. The van der Waals surface area contributed by atoms with Gasteiger partial charge in [0.05, 0.1) is 12.1 Å². The van der Waals surface area contributed by atoms with E-state index in [1.165, 1.54) is 0 Å². The molecule has 17 heavy (non-hydrogen) atoms. The predicted octanol–water partition coefficient (Wildman–Crippen LogP) is 2.54. The predicted molar refractivity (Wildman–Crippen MR) is 57.1 cm³/mol. The molecule has 2 unspecified atom stereocenters. The molecule has 0 radical (unpaired) electrons. The van der Waals surface area contributed by atoms with Gasteiger partial charge in [0.25, 0.3) is 0 Å². The van der Waals surface area contributed by atoms with Gasteiger partial charge in [0.1, 0.15) is 17.5 Å². The van der Waals surface area contributed by atoms with E-state index in [9.17, 15) is 13.2 Å². The molecule has 1 saturated heterocycles. The first kappa shape index (κ1) is 12.4. The molecular formula is C12H14F3NO. The third-order valence-electron chi connectivity index (χ3n) is 3.00. The molecule has 1 heterocycles. The standard InChI is InChI=1S/C12H14F3NO/c1-16-12(10-3-2-4-17-10)11-8(14)5-7(13)6-9(11)15/h5-6,10,12,16H,2-4H2,1H3. The van der Waals surface area contributed by atoms with Gasteiger partial charge in [-0.15, -0.1) is 0 Å². The lowest BCUT2D eigenvalue weighted by molar-refractivity contribution is 0.0783. The maximum Gasteiger partial charge on any atom is 0.133 e. The molecule has 2 nitrogen and oxygen atoms in total. The van der Waals surface area contributed by atoms with Crippen LogP contribution in [0.4, 0.5) is 13.2 Å². The van der Waals surface area contributed by atoms with Gasteiger partial charge < -0.3 is 10.1 Å². The fourth-order valence-electron chi connectivity index (χ4n) is 2.23. The number of nitrogens with one attached hydrogen (secondary N) is 1. The number of ether oxygens (including phenoxy) is 1. The Morgan fingerprint density at radius 2 is 1.94 bits per heavy atom. The molecule has 1 aromatic carbocycles.